The molecule has 0 unspecified atom stereocenters. The van der Waals surface area contributed by atoms with Gasteiger partial charge in [-0.05, 0) is 55.5 Å². The van der Waals surface area contributed by atoms with Gasteiger partial charge in [0.1, 0.15) is 11.5 Å². The number of hydrogen-bond donors (Lipinski definition) is 1. The first-order valence-electron chi connectivity index (χ1n) is 7.73. The lowest BCUT2D eigenvalue weighted by atomic mass is 10.1. The number of carboxylic acid groups (broad SMARTS) is 1. The van der Waals surface area contributed by atoms with Gasteiger partial charge in [-0.1, -0.05) is 6.07 Å². The fourth-order valence-corrected chi connectivity index (χ4v) is 2.45. The molecule has 1 aliphatic rings. The summed E-state index contributed by atoms with van der Waals surface area (Å²) in [4.78, 5) is 29.1. The van der Waals surface area contributed by atoms with Crippen molar-refractivity contribution in [2.75, 3.05) is 11.4 Å². The van der Waals surface area contributed by atoms with Crippen molar-refractivity contribution >= 4 is 17.6 Å². The van der Waals surface area contributed by atoms with Gasteiger partial charge >= 0.3 is 5.97 Å². The second-order valence-corrected chi connectivity index (χ2v) is 6.03. The van der Waals surface area contributed by atoms with Crippen LogP contribution in [0.3, 0.4) is 0 Å². The Bertz CT molecular complexity index is 803. The van der Waals surface area contributed by atoms with Crippen molar-refractivity contribution in [2.45, 2.75) is 19.8 Å². The second-order valence-electron chi connectivity index (χ2n) is 6.03. The highest BCUT2D eigenvalue weighted by Crippen LogP contribution is 2.32. The number of rotatable bonds is 5. The largest absolute Gasteiger partial charge is 0.477 e. The van der Waals surface area contributed by atoms with E-state index in [9.17, 15) is 14.0 Å². The molecule has 124 valence electrons. The summed E-state index contributed by atoms with van der Waals surface area (Å²) in [7, 11) is 0. The lowest BCUT2D eigenvalue weighted by Crippen LogP contribution is -2.33. The number of nitrogens with zero attached hydrogens (tertiary/aromatic N) is 2. The Morgan fingerprint density at radius 3 is 2.67 bits per heavy atom. The molecule has 1 heterocycles. The third-order valence-electron chi connectivity index (χ3n) is 4.08. The monoisotopic (exact) mass is 328 g/mol. The quantitative estimate of drug-likeness (QED) is 0.914. The first-order valence-corrected chi connectivity index (χ1v) is 7.73. The van der Waals surface area contributed by atoms with Crippen LogP contribution >= 0.6 is 0 Å². The Hall–Kier alpha value is -2.76. The SMILES string of the molecule is Cc1ccc(N(CC2CC2)C(=O)c2ccnc(C(=O)O)c2)cc1F. The van der Waals surface area contributed by atoms with E-state index in [-0.39, 0.29) is 23.0 Å². The number of aryl methyl sites for hydroxylation is 1. The van der Waals surface area contributed by atoms with Crippen LogP contribution in [0.15, 0.2) is 36.5 Å². The summed E-state index contributed by atoms with van der Waals surface area (Å²) in [6.07, 6.45) is 3.37. The molecule has 1 N–H and O–H groups in total. The molecular formula is C18H17FN2O3. The topological polar surface area (TPSA) is 70.5 Å². The highest BCUT2D eigenvalue weighted by Gasteiger charge is 2.29. The predicted octanol–water partition coefficient (Wildman–Crippen LogP) is 3.28. The van der Waals surface area contributed by atoms with Crippen molar-refractivity contribution in [2.24, 2.45) is 5.92 Å². The van der Waals surface area contributed by atoms with Crippen LogP contribution in [0.2, 0.25) is 0 Å². The minimum Gasteiger partial charge on any atom is -0.477 e. The van der Waals surface area contributed by atoms with E-state index < -0.39 is 5.97 Å². The van der Waals surface area contributed by atoms with Gasteiger partial charge in [0.25, 0.3) is 5.91 Å². The zero-order valence-corrected chi connectivity index (χ0v) is 13.2. The first kappa shape index (κ1) is 16.1. The molecule has 0 aliphatic heterocycles. The van der Waals surface area contributed by atoms with E-state index in [0.29, 0.717) is 23.7 Å². The van der Waals surface area contributed by atoms with E-state index >= 15 is 0 Å². The van der Waals surface area contributed by atoms with Crippen molar-refractivity contribution in [1.82, 2.24) is 4.98 Å². The molecule has 1 aromatic heterocycles. The standard InChI is InChI=1S/C18H17FN2O3/c1-11-2-5-14(9-15(11)19)21(10-12-3-4-12)17(22)13-6-7-20-16(8-13)18(23)24/h2,5-9,12H,3-4,10H2,1H3,(H,23,24). The molecule has 0 spiro atoms. The highest BCUT2D eigenvalue weighted by molar-refractivity contribution is 6.07. The Morgan fingerprint density at radius 1 is 1.29 bits per heavy atom. The van der Waals surface area contributed by atoms with Crippen LogP contribution in [0, 0.1) is 18.7 Å². The summed E-state index contributed by atoms with van der Waals surface area (Å²) in [5.74, 6) is -1.52. The van der Waals surface area contributed by atoms with Gasteiger partial charge in [-0.25, -0.2) is 14.2 Å². The average Bonchev–Trinajstić information content (AvgIpc) is 3.39. The Labute approximate surface area is 138 Å². The van der Waals surface area contributed by atoms with E-state index in [2.05, 4.69) is 4.98 Å². The van der Waals surface area contributed by atoms with Crippen LogP contribution in [0.4, 0.5) is 10.1 Å². The summed E-state index contributed by atoms with van der Waals surface area (Å²) < 4.78 is 13.9. The number of aromatic nitrogens is 1. The van der Waals surface area contributed by atoms with Gasteiger partial charge in [0.15, 0.2) is 0 Å². The second kappa shape index (κ2) is 6.39. The summed E-state index contributed by atoms with van der Waals surface area (Å²) in [6, 6.07) is 7.40. The number of amides is 1. The lowest BCUT2D eigenvalue weighted by molar-refractivity contribution is 0.0690. The summed E-state index contributed by atoms with van der Waals surface area (Å²) in [5.41, 5.74) is 1.02. The lowest BCUT2D eigenvalue weighted by Gasteiger charge is -2.23. The number of carbonyl (C=O) groups excluding carboxylic acids is 1. The third kappa shape index (κ3) is 3.42. The summed E-state index contributed by atoms with van der Waals surface area (Å²) in [5, 5.41) is 9.03. The average molecular weight is 328 g/mol. The number of benzene rings is 1. The van der Waals surface area contributed by atoms with E-state index in [1.165, 1.54) is 29.3 Å². The van der Waals surface area contributed by atoms with Crippen LogP contribution in [0.25, 0.3) is 0 Å². The normalized spacial score (nSPS) is 13.6. The van der Waals surface area contributed by atoms with Crippen LogP contribution < -0.4 is 4.90 Å². The molecule has 1 aromatic carbocycles. The van der Waals surface area contributed by atoms with Crippen LogP contribution in [0.5, 0.6) is 0 Å². The molecule has 2 aromatic rings. The minimum atomic E-state index is -1.19. The van der Waals surface area contributed by atoms with Crippen LogP contribution in [-0.2, 0) is 0 Å². The number of hydrogen-bond acceptors (Lipinski definition) is 3. The number of aromatic carboxylic acids is 1. The smallest absolute Gasteiger partial charge is 0.354 e. The fourth-order valence-electron chi connectivity index (χ4n) is 2.45. The molecule has 0 saturated heterocycles. The summed E-state index contributed by atoms with van der Waals surface area (Å²) >= 11 is 0. The van der Waals surface area contributed by atoms with Gasteiger partial charge in [0.2, 0.25) is 0 Å². The number of anilines is 1. The number of pyridine rings is 1. The van der Waals surface area contributed by atoms with E-state index in [1.54, 1.807) is 19.1 Å². The van der Waals surface area contributed by atoms with Gasteiger partial charge in [-0.15, -0.1) is 0 Å². The van der Waals surface area contributed by atoms with Gasteiger partial charge in [-0.2, -0.15) is 0 Å². The van der Waals surface area contributed by atoms with E-state index in [1.807, 2.05) is 0 Å². The molecule has 1 aliphatic carbocycles. The minimum absolute atomic E-state index is 0.192. The van der Waals surface area contributed by atoms with E-state index in [4.69, 9.17) is 5.11 Å². The Morgan fingerprint density at radius 2 is 2.04 bits per heavy atom. The number of carboxylic acids is 1. The molecule has 1 fully saturated rings. The van der Waals surface area contributed by atoms with Crippen LogP contribution in [-0.4, -0.2) is 28.5 Å². The zero-order chi connectivity index (χ0) is 17.3. The van der Waals surface area contributed by atoms with Crippen molar-refractivity contribution in [1.29, 1.82) is 0 Å². The molecule has 1 saturated carbocycles. The Kier molecular flexibility index (Phi) is 4.29. The van der Waals surface area contributed by atoms with Crippen molar-refractivity contribution in [3.63, 3.8) is 0 Å². The Balaban J connectivity index is 1.95. The van der Waals surface area contributed by atoms with E-state index in [0.717, 1.165) is 12.8 Å². The van der Waals surface area contributed by atoms with Gasteiger partial charge in [0.05, 0.1) is 0 Å². The van der Waals surface area contributed by atoms with Crippen molar-refractivity contribution in [3.05, 3.63) is 59.2 Å². The fraction of sp³-hybridized carbons (Fsp3) is 0.278. The first-order chi connectivity index (χ1) is 11.5. The predicted molar refractivity (Wildman–Crippen MR) is 86.7 cm³/mol. The van der Waals surface area contributed by atoms with Crippen molar-refractivity contribution < 1.29 is 19.1 Å². The van der Waals surface area contributed by atoms with Crippen molar-refractivity contribution in [3.8, 4) is 0 Å². The van der Waals surface area contributed by atoms with Gasteiger partial charge in [-0.3, -0.25) is 4.79 Å². The molecule has 0 atom stereocenters. The van der Waals surface area contributed by atoms with Gasteiger partial charge < -0.3 is 10.0 Å². The molecule has 6 heteroatoms. The number of carbonyl (C=O) groups is 2. The number of halogens is 1. The summed E-state index contributed by atoms with van der Waals surface area (Å²) in [6.45, 7) is 2.15. The molecule has 1 amide bonds. The molecule has 24 heavy (non-hydrogen) atoms. The molecular weight excluding hydrogens is 311 g/mol. The molecule has 0 bridgehead atoms. The highest BCUT2D eigenvalue weighted by atomic mass is 19.1. The maximum atomic E-state index is 13.9. The molecule has 3 rings (SSSR count). The third-order valence-corrected chi connectivity index (χ3v) is 4.08. The molecule has 0 radical (unpaired) electrons. The maximum Gasteiger partial charge on any atom is 0.354 e. The van der Waals surface area contributed by atoms with Gasteiger partial charge in [0, 0.05) is 24.0 Å². The zero-order valence-electron chi connectivity index (χ0n) is 13.2. The maximum absolute atomic E-state index is 13.9. The van der Waals surface area contributed by atoms with Crippen LogP contribution in [0.1, 0.15) is 39.3 Å². The molecule has 5 nitrogen and oxygen atoms in total.